The van der Waals surface area contributed by atoms with Gasteiger partial charge in [0.15, 0.2) is 11.0 Å². The quantitative estimate of drug-likeness (QED) is 0.721. The second-order valence-electron chi connectivity index (χ2n) is 6.37. The van der Waals surface area contributed by atoms with Gasteiger partial charge in [0.2, 0.25) is 5.89 Å². The van der Waals surface area contributed by atoms with Gasteiger partial charge in [-0.25, -0.2) is 4.98 Å². The van der Waals surface area contributed by atoms with Gasteiger partial charge < -0.3 is 9.42 Å². The highest BCUT2D eigenvalue weighted by atomic mass is 32.1. The number of thiazole rings is 1. The maximum atomic E-state index is 5.46. The zero-order chi connectivity index (χ0) is 15.8. The lowest BCUT2D eigenvalue weighted by Gasteiger charge is -2.29. The lowest BCUT2D eigenvalue weighted by molar-refractivity contribution is 0.326. The van der Waals surface area contributed by atoms with Crippen LogP contribution in [0.5, 0.6) is 0 Å². The van der Waals surface area contributed by atoms with Crippen LogP contribution in [0.2, 0.25) is 0 Å². The molecular weight excluding hydrogens is 308 g/mol. The molecule has 1 saturated heterocycles. The molecule has 3 aromatic rings. The molecule has 6 heteroatoms. The summed E-state index contributed by atoms with van der Waals surface area (Å²) < 4.78 is 6.71. The van der Waals surface area contributed by atoms with E-state index in [9.17, 15) is 0 Å². The molecule has 3 heterocycles. The van der Waals surface area contributed by atoms with Gasteiger partial charge in [0.1, 0.15) is 0 Å². The van der Waals surface area contributed by atoms with E-state index in [2.05, 4.69) is 47.1 Å². The number of anilines is 1. The van der Waals surface area contributed by atoms with Crippen LogP contribution in [0.25, 0.3) is 10.2 Å². The van der Waals surface area contributed by atoms with E-state index in [1.807, 2.05) is 6.07 Å². The molecule has 1 aliphatic heterocycles. The molecule has 0 atom stereocenters. The second kappa shape index (κ2) is 5.92. The maximum Gasteiger partial charge on any atom is 0.229 e. The van der Waals surface area contributed by atoms with Gasteiger partial charge in [-0.05, 0) is 25.0 Å². The number of hydrogen-bond donors (Lipinski definition) is 0. The van der Waals surface area contributed by atoms with Crippen molar-refractivity contribution in [3.63, 3.8) is 0 Å². The molecule has 0 radical (unpaired) electrons. The van der Waals surface area contributed by atoms with Crippen molar-refractivity contribution in [3.05, 3.63) is 36.0 Å². The Morgan fingerprint density at radius 3 is 2.65 bits per heavy atom. The molecular formula is C17H20N4OS. The van der Waals surface area contributed by atoms with Crippen molar-refractivity contribution in [2.24, 2.45) is 0 Å². The van der Waals surface area contributed by atoms with Gasteiger partial charge in [-0.1, -0.05) is 42.5 Å². The van der Waals surface area contributed by atoms with E-state index in [-0.39, 0.29) is 0 Å². The van der Waals surface area contributed by atoms with E-state index >= 15 is 0 Å². The van der Waals surface area contributed by atoms with Crippen LogP contribution in [0.4, 0.5) is 5.13 Å². The Labute approximate surface area is 139 Å². The molecule has 1 aromatic carbocycles. The molecule has 1 aliphatic rings. The third-order valence-corrected chi connectivity index (χ3v) is 5.47. The number of nitrogens with zero attached hydrogens (tertiary/aromatic N) is 4. The molecule has 120 valence electrons. The summed E-state index contributed by atoms with van der Waals surface area (Å²) in [5.74, 6) is 2.31. The molecule has 0 unspecified atom stereocenters. The molecule has 0 saturated carbocycles. The van der Waals surface area contributed by atoms with Gasteiger partial charge in [-0.3, -0.25) is 0 Å². The molecule has 5 nitrogen and oxygen atoms in total. The molecule has 23 heavy (non-hydrogen) atoms. The standard InChI is InChI=1S/C17H20N4OS/c1-11(2)15-19-16(22-20-15)12-7-9-21(10-8-12)17-18-13-5-3-4-6-14(13)23-17/h3-6,11-12H,7-10H2,1-2H3. The van der Waals surface area contributed by atoms with E-state index < -0.39 is 0 Å². The molecule has 0 bridgehead atoms. The van der Waals surface area contributed by atoms with Crippen molar-refractivity contribution in [1.29, 1.82) is 0 Å². The van der Waals surface area contributed by atoms with Crippen molar-refractivity contribution >= 4 is 26.7 Å². The first-order chi connectivity index (χ1) is 11.2. The fourth-order valence-corrected chi connectivity index (χ4v) is 3.98. The average molecular weight is 328 g/mol. The third kappa shape index (κ3) is 2.83. The fraction of sp³-hybridized carbons (Fsp3) is 0.471. The molecule has 0 aliphatic carbocycles. The SMILES string of the molecule is CC(C)c1noc(C2CCN(c3nc4ccccc4s3)CC2)n1. The van der Waals surface area contributed by atoms with Crippen molar-refractivity contribution in [2.75, 3.05) is 18.0 Å². The topological polar surface area (TPSA) is 55.1 Å². The Morgan fingerprint density at radius 2 is 1.96 bits per heavy atom. The number of aromatic nitrogens is 3. The Hall–Kier alpha value is -1.95. The summed E-state index contributed by atoms with van der Waals surface area (Å²) in [5, 5.41) is 5.21. The van der Waals surface area contributed by atoms with Gasteiger partial charge >= 0.3 is 0 Å². The highest BCUT2D eigenvalue weighted by Gasteiger charge is 2.27. The molecule has 1 fully saturated rings. The monoisotopic (exact) mass is 328 g/mol. The lowest BCUT2D eigenvalue weighted by Crippen LogP contribution is -2.32. The number of rotatable bonds is 3. The number of para-hydroxylation sites is 1. The number of piperidine rings is 1. The predicted octanol–water partition coefficient (Wildman–Crippen LogP) is 4.19. The van der Waals surface area contributed by atoms with Crippen molar-refractivity contribution in [2.45, 2.75) is 38.5 Å². The van der Waals surface area contributed by atoms with Crippen LogP contribution in [-0.4, -0.2) is 28.2 Å². The van der Waals surface area contributed by atoms with Crippen molar-refractivity contribution in [1.82, 2.24) is 15.1 Å². The van der Waals surface area contributed by atoms with Crippen LogP contribution >= 0.6 is 11.3 Å². The first-order valence-electron chi connectivity index (χ1n) is 8.14. The average Bonchev–Trinajstić information content (AvgIpc) is 3.22. The highest BCUT2D eigenvalue weighted by Crippen LogP contribution is 2.34. The minimum atomic E-state index is 0.315. The number of benzene rings is 1. The summed E-state index contributed by atoms with van der Waals surface area (Å²) in [7, 11) is 0. The minimum Gasteiger partial charge on any atom is -0.348 e. The Balaban J connectivity index is 1.45. The molecule has 0 spiro atoms. The largest absolute Gasteiger partial charge is 0.348 e. The van der Waals surface area contributed by atoms with E-state index in [0.717, 1.165) is 48.3 Å². The predicted molar refractivity (Wildman–Crippen MR) is 92.2 cm³/mol. The smallest absolute Gasteiger partial charge is 0.229 e. The molecule has 0 N–H and O–H groups in total. The van der Waals surface area contributed by atoms with Crippen LogP contribution in [0, 0.1) is 0 Å². The Bertz CT molecular complexity index is 769. The van der Waals surface area contributed by atoms with Gasteiger partial charge in [-0.2, -0.15) is 4.98 Å². The van der Waals surface area contributed by atoms with Crippen molar-refractivity contribution in [3.8, 4) is 0 Å². The van der Waals surface area contributed by atoms with Crippen LogP contribution in [-0.2, 0) is 0 Å². The van der Waals surface area contributed by atoms with E-state index in [4.69, 9.17) is 9.51 Å². The zero-order valence-corrected chi connectivity index (χ0v) is 14.2. The highest BCUT2D eigenvalue weighted by molar-refractivity contribution is 7.22. The summed E-state index contributed by atoms with van der Waals surface area (Å²) in [5.41, 5.74) is 1.09. The molecule has 0 amide bonds. The van der Waals surface area contributed by atoms with Crippen LogP contribution in [0.1, 0.15) is 50.2 Å². The Morgan fingerprint density at radius 1 is 1.17 bits per heavy atom. The number of fused-ring (bicyclic) bond motifs is 1. The van der Waals surface area contributed by atoms with Crippen molar-refractivity contribution < 1.29 is 4.52 Å². The first kappa shape index (κ1) is 14.6. The molecule has 4 rings (SSSR count). The molecule has 2 aromatic heterocycles. The summed E-state index contributed by atoms with van der Waals surface area (Å²) >= 11 is 1.77. The fourth-order valence-electron chi connectivity index (χ4n) is 2.96. The van der Waals surface area contributed by atoms with E-state index in [0.29, 0.717) is 11.8 Å². The van der Waals surface area contributed by atoms with E-state index in [1.165, 1.54) is 4.70 Å². The third-order valence-electron chi connectivity index (χ3n) is 4.37. The zero-order valence-electron chi connectivity index (χ0n) is 13.4. The van der Waals surface area contributed by atoms with Crippen LogP contribution < -0.4 is 4.90 Å². The maximum absolute atomic E-state index is 5.46. The summed E-state index contributed by atoms with van der Waals surface area (Å²) in [6, 6.07) is 8.32. The summed E-state index contributed by atoms with van der Waals surface area (Å²) in [6.07, 6.45) is 2.07. The van der Waals surface area contributed by atoms with Gasteiger partial charge in [-0.15, -0.1) is 0 Å². The van der Waals surface area contributed by atoms with Gasteiger partial charge in [0.25, 0.3) is 0 Å². The van der Waals surface area contributed by atoms with Gasteiger partial charge in [0.05, 0.1) is 10.2 Å². The minimum absolute atomic E-state index is 0.315. The van der Waals surface area contributed by atoms with E-state index in [1.54, 1.807) is 11.3 Å². The first-order valence-corrected chi connectivity index (χ1v) is 8.96. The lowest BCUT2D eigenvalue weighted by atomic mass is 9.97. The summed E-state index contributed by atoms with van der Waals surface area (Å²) in [4.78, 5) is 11.7. The number of hydrogen-bond acceptors (Lipinski definition) is 6. The second-order valence-corrected chi connectivity index (χ2v) is 7.38. The normalized spacial score (nSPS) is 16.6. The Kier molecular flexibility index (Phi) is 3.77. The van der Waals surface area contributed by atoms with Gasteiger partial charge in [0, 0.05) is 24.9 Å². The summed E-state index contributed by atoms with van der Waals surface area (Å²) in [6.45, 7) is 6.16. The van der Waals surface area contributed by atoms with Crippen LogP contribution in [0.15, 0.2) is 28.8 Å². The van der Waals surface area contributed by atoms with Crippen LogP contribution in [0.3, 0.4) is 0 Å².